The van der Waals surface area contributed by atoms with Gasteiger partial charge in [0.15, 0.2) is 5.76 Å². The lowest BCUT2D eigenvalue weighted by atomic mass is 10.2. The fourth-order valence-electron chi connectivity index (χ4n) is 1.87. The van der Waals surface area contributed by atoms with Crippen molar-refractivity contribution in [2.75, 3.05) is 0 Å². The highest BCUT2D eigenvalue weighted by Gasteiger charge is 2.27. The molecule has 0 aromatic carbocycles. The number of H-pyrrole nitrogens is 1. The number of hydrogen-bond donors (Lipinski definition) is 3. The van der Waals surface area contributed by atoms with Crippen molar-refractivity contribution in [3.8, 4) is 11.5 Å². The van der Waals surface area contributed by atoms with Crippen LogP contribution in [0.4, 0.5) is 0 Å². The Kier molecular flexibility index (Phi) is 3.43. The minimum Gasteiger partial charge on any atom is -0.462 e. The van der Waals surface area contributed by atoms with Crippen LogP contribution in [0.2, 0.25) is 0 Å². The smallest absolute Gasteiger partial charge is 0.360 e. The minimum atomic E-state index is -4.35. The summed E-state index contributed by atoms with van der Waals surface area (Å²) in [5.41, 5.74) is 1.32. The molecule has 0 aliphatic rings. The van der Waals surface area contributed by atoms with Gasteiger partial charge in [-0.25, -0.2) is 4.98 Å². The van der Waals surface area contributed by atoms with Crippen molar-refractivity contribution in [2.24, 2.45) is 0 Å². The molecule has 6 nitrogen and oxygen atoms in total. The second kappa shape index (κ2) is 4.72. The standard InChI is InChI=1S/C11H15N2O4P/c1-3-4-8-10(13-7(2)12-8)11-9(5-6-17-11)18(14,15)16/h5-6H,3-4H2,1-2H3,(H,12,13)(H2,14,15,16). The second-order valence-electron chi connectivity index (χ2n) is 4.08. The number of furan rings is 1. The molecular formula is C11H15N2O4P. The molecule has 98 valence electrons. The molecule has 0 saturated carbocycles. The van der Waals surface area contributed by atoms with Gasteiger partial charge in [-0.05, 0) is 19.4 Å². The van der Waals surface area contributed by atoms with Gasteiger partial charge < -0.3 is 19.2 Å². The van der Waals surface area contributed by atoms with Crippen LogP contribution in [0.1, 0.15) is 24.9 Å². The van der Waals surface area contributed by atoms with Crippen LogP contribution >= 0.6 is 7.60 Å². The molecule has 0 atom stereocenters. The number of aryl methyl sites for hydroxylation is 2. The van der Waals surface area contributed by atoms with E-state index >= 15 is 0 Å². The van der Waals surface area contributed by atoms with Crippen LogP contribution in [0.15, 0.2) is 16.7 Å². The predicted molar refractivity (Wildman–Crippen MR) is 66.7 cm³/mol. The van der Waals surface area contributed by atoms with Crippen molar-refractivity contribution in [3.05, 3.63) is 23.8 Å². The van der Waals surface area contributed by atoms with Crippen molar-refractivity contribution < 1.29 is 18.8 Å². The molecule has 0 aliphatic heterocycles. The summed E-state index contributed by atoms with van der Waals surface area (Å²) in [6, 6.07) is 1.29. The Balaban J connectivity index is 2.56. The summed E-state index contributed by atoms with van der Waals surface area (Å²) in [7, 11) is -4.35. The molecule has 3 N–H and O–H groups in total. The van der Waals surface area contributed by atoms with E-state index in [-0.39, 0.29) is 11.1 Å². The Morgan fingerprint density at radius 3 is 2.83 bits per heavy atom. The molecule has 2 aromatic rings. The fourth-order valence-corrected chi connectivity index (χ4v) is 2.55. The van der Waals surface area contributed by atoms with Gasteiger partial charge in [-0.3, -0.25) is 4.57 Å². The van der Waals surface area contributed by atoms with Crippen molar-refractivity contribution in [3.63, 3.8) is 0 Å². The Labute approximate surface area is 104 Å². The quantitative estimate of drug-likeness (QED) is 0.735. The highest BCUT2D eigenvalue weighted by atomic mass is 31.2. The number of nitrogens with one attached hydrogen (secondary N) is 1. The van der Waals surface area contributed by atoms with E-state index in [1.807, 2.05) is 6.92 Å². The highest BCUT2D eigenvalue weighted by molar-refractivity contribution is 7.60. The highest BCUT2D eigenvalue weighted by Crippen LogP contribution is 2.38. The Morgan fingerprint density at radius 1 is 1.50 bits per heavy atom. The molecule has 0 unspecified atom stereocenters. The summed E-state index contributed by atoms with van der Waals surface area (Å²) >= 11 is 0. The molecule has 0 radical (unpaired) electrons. The van der Waals surface area contributed by atoms with E-state index in [1.165, 1.54) is 12.3 Å². The Bertz CT molecular complexity index is 596. The normalized spacial score (nSPS) is 12.0. The van der Waals surface area contributed by atoms with E-state index < -0.39 is 7.60 Å². The second-order valence-corrected chi connectivity index (χ2v) is 5.65. The zero-order chi connectivity index (χ0) is 13.3. The van der Waals surface area contributed by atoms with Crippen LogP contribution in [-0.4, -0.2) is 19.8 Å². The first-order chi connectivity index (χ1) is 8.43. The van der Waals surface area contributed by atoms with E-state index in [0.717, 1.165) is 18.5 Å². The first kappa shape index (κ1) is 13.1. The summed E-state index contributed by atoms with van der Waals surface area (Å²) in [5.74, 6) is 0.845. The van der Waals surface area contributed by atoms with Crippen LogP contribution in [0, 0.1) is 6.92 Å². The van der Waals surface area contributed by atoms with Gasteiger partial charge in [0, 0.05) is 5.69 Å². The number of aromatic amines is 1. The van der Waals surface area contributed by atoms with E-state index in [2.05, 4.69) is 9.97 Å². The largest absolute Gasteiger partial charge is 0.462 e. The van der Waals surface area contributed by atoms with Crippen molar-refractivity contribution in [1.29, 1.82) is 0 Å². The van der Waals surface area contributed by atoms with E-state index in [9.17, 15) is 14.4 Å². The molecule has 0 bridgehead atoms. The van der Waals surface area contributed by atoms with E-state index in [0.29, 0.717) is 11.5 Å². The summed E-state index contributed by atoms with van der Waals surface area (Å²) in [5, 5.41) is -0.119. The van der Waals surface area contributed by atoms with Gasteiger partial charge in [0.25, 0.3) is 0 Å². The number of hydrogen-bond acceptors (Lipinski definition) is 3. The van der Waals surface area contributed by atoms with Gasteiger partial charge in [0.2, 0.25) is 0 Å². The lowest BCUT2D eigenvalue weighted by Crippen LogP contribution is -2.05. The number of rotatable bonds is 4. The average molecular weight is 270 g/mol. The van der Waals surface area contributed by atoms with Crippen LogP contribution in [0.3, 0.4) is 0 Å². The first-order valence-corrected chi connectivity index (χ1v) is 7.24. The third-order valence-electron chi connectivity index (χ3n) is 2.57. The molecule has 2 rings (SSSR count). The monoisotopic (exact) mass is 270 g/mol. The maximum absolute atomic E-state index is 11.4. The molecule has 2 aromatic heterocycles. The van der Waals surface area contributed by atoms with Crippen molar-refractivity contribution in [2.45, 2.75) is 26.7 Å². The maximum atomic E-state index is 11.4. The van der Waals surface area contributed by atoms with Gasteiger partial charge in [0.1, 0.15) is 16.8 Å². The molecule has 0 fully saturated rings. The number of nitrogens with zero attached hydrogens (tertiary/aromatic N) is 1. The molecule has 2 heterocycles. The lowest BCUT2D eigenvalue weighted by Gasteiger charge is -2.04. The van der Waals surface area contributed by atoms with E-state index in [4.69, 9.17) is 4.42 Å². The first-order valence-electron chi connectivity index (χ1n) is 5.63. The zero-order valence-electron chi connectivity index (χ0n) is 10.2. The molecule has 7 heteroatoms. The average Bonchev–Trinajstić information content (AvgIpc) is 2.83. The topological polar surface area (TPSA) is 99.4 Å². The van der Waals surface area contributed by atoms with E-state index in [1.54, 1.807) is 6.92 Å². The minimum absolute atomic E-state index is 0.119. The molecule has 0 amide bonds. The van der Waals surface area contributed by atoms with Crippen LogP contribution < -0.4 is 5.30 Å². The Morgan fingerprint density at radius 2 is 2.22 bits per heavy atom. The van der Waals surface area contributed by atoms with Gasteiger partial charge in [-0.2, -0.15) is 0 Å². The summed E-state index contributed by atoms with van der Waals surface area (Å²) in [6.45, 7) is 3.81. The van der Waals surface area contributed by atoms with Crippen molar-refractivity contribution in [1.82, 2.24) is 9.97 Å². The molecule has 0 saturated heterocycles. The fraction of sp³-hybridized carbons (Fsp3) is 0.364. The summed E-state index contributed by atoms with van der Waals surface area (Å²) < 4.78 is 16.6. The van der Waals surface area contributed by atoms with Crippen molar-refractivity contribution >= 4 is 12.9 Å². The third-order valence-corrected chi connectivity index (χ3v) is 3.55. The molecule has 18 heavy (non-hydrogen) atoms. The van der Waals surface area contributed by atoms with Gasteiger partial charge >= 0.3 is 7.60 Å². The van der Waals surface area contributed by atoms with Gasteiger partial charge in [-0.15, -0.1) is 0 Å². The van der Waals surface area contributed by atoms with Crippen LogP contribution in [0.5, 0.6) is 0 Å². The summed E-state index contributed by atoms with van der Waals surface area (Å²) in [6.07, 6.45) is 2.92. The Hall–Kier alpha value is -1.36. The molecule has 0 aliphatic carbocycles. The van der Waals surface area contributed by atoms with Gasteiger partial charge in [-0.1, -0.05) is 13.3 Å². The zero-order valence-corrected chi connectivity index (χ0v) is 11.1. The maximum Gasteiger partial charge on any atom is 0.360 e. The number of imidazole rings is 1. The van der Waals surface area contributed by atoms with Crippen LogP contribution in [-0.2, 0) is 11.0 Å². The predicted octanol–water partition coefficient (Wildman–Crippen LogP) is 1.73. The third kappa shape index (κ3) is 2.41. The molecular weight excluding hydrogens is 255 g/mol. The van der Waals surface area contributed by atoms with Crippen LogP contribution in [0.25, 0.3) is 11.5 Å². The molecule has 0 spiro atoms. The van der Waals surface area contributed by atoms with Gasteiger partial charge in [0.05, 0.1) is 6.26 Å². The number of aromatic nitrogens is 2. The summed E-state index contributed by atoms with van der Waals surface area (Å²) in [4.78, 5) is 25.9. The lowest BCUT2D eigenvalue weighted by molar-refractivity contribution is 0.387. The SMILES string of the molecule is CCCc1[nH]c(C)nc1-c1occc1P(=O)(O)O.